The van der Waals surface area contributed by atoms with Gasteiger partial charge in [-0.05, 0) is 41.3 Å². The van der Waals surface area contributed by atoms with E-state index in [4.69, 9.17) is 0 Å². The zero-order chi connectivity index (χ0) is 13.1. The van der Waals surface area contributed by atoms with Crippen molar-refractivity contribution in [1.82, 2.24) is 10.3 Å². The van der Waals surface area contributed by atoms with Crippen molar-refractivity contribution in [2.24, 2.45) is 0 Å². The Bertz CT molecular complexity index is 632. The van der Waals surface area contributed by atoms with E-state index in [-0.39, 0.29) is 5.91 Å². The number of carbonyl (C=O) groups excluding carboxylic acids is 1. The van der Waals surface area contributed by atoms with Gasteiger partial charge in [-0.2, -0.15) is 0 Å². The Labute approximate surface area is 112 Å². The van der Waals surface area contributed by atoms with Gasteiger partial charge >= 0.3 is 0 Å². The van der Waals surface area contributed by atoms with Crippen molar-refractivity contribution in [1.29, 1.82) is 0 Å². The van der Waals surface area contributed by atoms with Gasteiger partial charge in [0.1, 0.15) is 0 Å². The number of aromatic nitrogens is 1. The lowest BCUT2D eigenvalue weighted by Gasteiger charge is -2.06. The molecule has 2 heterocycles. The first kappa shape index (κ1) is 11.7. The SMILES string of the molecule is O=C1NCC/C1=C\c1ccccc1-c1ccncc1. The first-order valence-electron chi connectivity index (χ1n) is 6.33. The molecule has 94 valence electrons. The van der Waals surface area contributed by atoms with Crippen molar-refractivity contribution in [3.63, 3.8) is 0 Å². The average molecular weight is 250 g/mol. The summed E-state index contributed by atoms with van der Waals surface area (Å²) in [6.07, 6.45) is 6.34. The zero-order valence-electron chi connectivity index (χ0n) is 10.5. The molecule has 0 atom stereocenters. The fourth-order valence-electron chi connectivity index (χ4n) is 2.28. The maximum Gasteiger partial charge on any atom is 0.247 e. The Balaban J connectivity index is 2.06. The number of nitrogens with one attached hydrogen (secondary N) is 1. The van der Waals surface area contributed by atoms with Crippen LogP contribution in [0.15, 0.2) is 54.4 Å². The molecule has 1 aromatic heterocycles. The molecular formula is C16H14N2O. The van der Waals surface area contributed by atoms with Gasteiger partial charge in [-0.3, -0.25) is 9.78 Å². The van der Waals surface area contributed by atoms with Gasteiger partial charge in [-0.25, -0.2) is 0 Å². The van der Waals surface area contributed by atoms with Gasteiger partial charge in [-0.15, -0.1) is 0 Å². The van der Waals surface area contributed by atoms with Crippen LogP contribution in [0.3, 0.4) is 0 Å². The second-order valence-electron chi connectivity index (χ2n) is 4.50. The monoisotopic (exact) mass is 250 g/mol. The van der Waals surface area contributed by atoms with Crippen molar-refractivity contribution in [2.45, 2.75) is 6.42 Å². The third-order valence-electron chi connectivity index (χ3n) is 3.25. The molecule has 1 N–H and O–H groups in total. The molecule has 0 radical (unpaired) electrons. The molecule has 3 nitrogen and oxygen atoms in total. The maximum atomic E-state index is 11.6. The van der Waals surface area contributed by atoms with E-state index in [1.54, 1.807) is 12.4 Å². The van der Waals surface area contributed by atoms with Crippen LogP contribution in [-0.4, -0.2) is 17.4 Å². The predicted molar refractivity (Wildman–Crippen MR) is 75.3 cm³/mol. The lowest BCUT2D eigenvalue weighted by Crippen LogP contribution is -2.14. The Morgan fingerprint density at radius 2 is 1.89 bits per heavy atom. The number of rotatable bonds is 2. The minimum atomic E-state index is 0.0459. The molecule has 0 spiro atoms. The normalized spacial score (nSPS) is 16.6. The summed E-state index contributed by atoms with van der Waals surface area (Å²) in [6, 6.07) is 12.1. The van der Waals surface area contributed by atoms with Crippen molar-refractivity contribution in [3.05, 3.63) is 59.9 Å². The number of amides is 1. The van der Waals surface area contributed by atoms with Gasteiger partial charge in [0.25, 0.3) is 0 Å². The second kappa shape index (κ2) is 5.06. The van der Waals surface area contributed by atoms with E-state index in [9.17, 15) is 4.79 Å². The quantitative estimate of drug-likeness (QED) is 0.832. The minimum Gasteiger partial charge on any atom is -0.352 e. The molecule has 0 unspecified atom stereocenters. The van der Waals surface area contributed by atoms with Gasteiger partial charge < -0.3 is 5.32 Å². The smallest absolute Gasteiger partial charge is 0.247 e. The van der Waals surface area contributed by atoms with Crippen LogP contribution in [0.1, 0.15) is 12.0 Å². The van der Waals surface area contributed by atoms with E-state index in [1.807, 2.05) is 36.4 Å². The second-order valence-corrected chi connectivity index (χ2v) is 4.50. The fraction of sp³-hybridized carbons (Fsp3) is 0.125. The first-order valence-corrected chi connectivity index (χ1v) is 6.33. The highest BCUT2D eigenvalue weighted by Gasteiger charge is 2.16. The standard InChI is InChI=1S/C16H14N2O/c19-16-14(7-10-18-16)11-13-3-1-2-4-15(13)12-5-8-17-9-6-12/h1-6,8-9,11H,7,10H2,(H,18,19)/b14-11+. The Hall–Kier alpha value is -2.42. The van der Waals surface area contributed by atoms with E-state index in [1.165, 1.54) is 0 Å². The van der Waals surface area contributed by atoms with Crippen molar-refractivity contribution < 1.29 is 4.79 Å². The fourth-order valence-corrected chi connectivity index (χ4v) is 2.28. The van der Waals surface area contributed by atoms with Crippen LogP contribution in [0.4, 0.5) is 0 Å². The summed E-state index contributed by atoms with van der Waals surface area (Å²) in [7, 11) is 0. The number of carbonyl (C=O) groups is 1. The van der Waals surface area contributed by atoms with E-state index >= 15 is 0 Å². The topological polar surface area (TPSA) is 42.0 Å². The highest BCUT2D eigenvalue weighted by Crippen LogP contribution is 2.26. The highest BCUT2D eigenvalue weighted by molar-refractivity contribution is 6.00. The molecule has 0 saturated carbocycles. The van der Waals surface area contributed by atoms with Gasteiger partial charge in [0.05, 0.1) is 0 Å². The van der Waals surface area contributed by atoms with Crippen LogP contribution in [0, 0.1) is 0 Å². The van der Waals surface area contributed by atoms with Crippen molar-refractivity contribution in [3.8, 4) is 11.1 Å². The molecule has 3 rings (SSSR count). The van der Waals surface area contributed by atoms with E-state index < -0.39 is 0 Å². The maximum absolute atomic E-state index is 11.6. The van der Waals surface area contributed by atoms with Crippen LogP contribution in [0.5, 0.6) is 0 Å². The summed E-state index contributed by atoms with van der Waals surface area (Å²) in [4.78, 5) is 15.7. The number of hydrogen-bond donors (Lipinski definition) is 1. The first-order chi connectivity index (χ1) is 9.34. The number of nitrogens with zero attached hydrogens (tertiary/aromatic N) is 1. The van der Waals surface area contributed by atoms with Crippen molar-refractivity contribution in [2.75, 3.05) is 6.54 Å². The van der Waals surface area contributed by atoms with Crippen LogP contribution in [-0.2, 0) is 4.79 Å². The summed E-state index contributed by atoms with van der Waals surface area (Å²) in [5, 5.41) is 2.83. The molecule has 1 fully saturated rings. The van der Waals surface area contributed by atoms with Gasteiger partial charge in [0.2, 0.25) is 5.91 Å². The summed E-state index contributed by atoms with van der Waals surface area (Å²) >= 11 is 0. The summed E-state index contributed by atoms with van der Waals surface area (Å²) in [5.41, 5.74) is 4.15. The highest BCUT2D eigenvalue weighted by atomic mass is 16.1. The number of benzene rings is 1. The van der Waals surface area contributed by atoms with E-state index in [2.05, 4.69) is 16.4 Å². The molecule has 0 bridgehead atoms. The van der Waals surface area contributed by atoms with E-state index in [0.29, 0.717) is 0 Å². The van der Waals surface area contributed by atoms with Gasteiger partial charge in [0, 0.05) is 24.5 Å². The van der Waals surface area contributed by atoms with Crippen LogP contribution in [0.2, 0.25) is 0 Å². The average Bonchev–Trinajstić information content (AvgIpc) is 2.86. The third kappa shape index (κ3) is 2.40. The summed E-state index contributed by atoms with van der Waals surface area (Å²) in [6.45, 7) is 0.738. The molecule has 19 heavy (non-hydrogen) atoms. The molecule has 1 aromatic carbocycles. The zero-order valence-corrected chi connectivity index (χ0v) is 10.5. The van der Waals surface area contributed by atoms with Gasteiger partial charge in [0.15, 0.2) is 0 Å². The molecule has 1 aliphatic heterocycles. The van der Waals surface area contributed by atoms with Crippen molar-refractivity contribution >= 4 is 12.0 Å². The molecule has 1 saturated heterocycles. The lowest BCUT2D eigenvalue weighted by atomic mass is 9.98. The number of hydrogen-bond acceptors (Lipinski definition) is 2. The largest absolute Gasteiger partial charge is 0.352 e. The van der Waals surface area contributed by atoms with Crippen LogP contribution >= 0.6 is 0 Å². The molecule has 0 aliphatic carbocycles. The molecule has 2 aromatic rings. The Morgan fingerprint density at radius 1 is 1.11 bits per heavy atom. The van der Waals surface area contributed by atoms with E-state index in [0.717, 1.165) is 35.2 Å². The van der Waals surface area contributed by atoms with Gasteiger partial charge in [-0.1, -0.05) is 24.3 Å². The third-order valence-corrected chi connectivity index (χ3v) is 3.25. The minimum absolute atomic E-state index is 0.0459. The molecule has 3 heteroatoms. The Morgan fingerprint density at radius 3 is 2.63 bits per heavy atom. The Kier molecular flexibility index (Phi) is 3.11. The van der Waals surface area contributed by atoms with Crippen LogP contribution in [0.25, 0.3) is 17.2 Å². The molecule has 1 aliphatic rings. The van der Waals surface area contributed by atoms with Crippen LogP contribution < -0.4 is 5.32 Å². The summed E-state index contributed by atoms with van der Waals surface area (Å²) < 4.78 is 0. The summed E-state index contributed by atoms with van der Waals surface area (Å²) in [5.74, 6) is 0.0459. The number of pyridine rings is 1. The molecular weight excluding hydrogens is 236 g/mol. The molecule has 1 amide bonds. The predicted octanol–water partition coefficient (Wildman–Crippen LogP) is 2.65. The lowest BCUT2D eigenvalue weighted by molar-refractivity contribution is -0.116.